The van der Waals surface area contributed by atoms with Gasteiger partial charge in [0.25, 0.3) is 17.9 Å². The van der Waals surface area contributed by atoms with Crippen LogP contribution < -0.4 is 9.46 Å². The quantitative estimate of drug-likeness (QED) is 0.254. The molecule has 2 aromatic rings. The average molecular weight is 408 g/mol. The van der Waals surface area contributed by atoms with Crippen molar-refractivity contribution >= 4 is 29.0 Å². The van der Waals surface area contributed by atoms with Crippen LogP contribution in [0.1, 0.15) is 32.6 Å². The summed E-state index contributed by atoms with van der Waals surface area (Å²) < 4.78 is 43.4. The molecule has 26 heavy (non-hydrogen) atoms. The van der Waals surface area contributed by atoms with Crippen LogP contribution >= 0.6 is 7.82 Å². The first-order valence-electron chi connectivity index (χ1n) is 8.20. The minimum atomic E-state index is -4.89. The number of aromatic nitrogens is 2. The number of hydrogen-bond donors (Lipinski definition) is 3. The van der Waals surface area contributed by atoms with E-state index >= 15 is 0 Å². The maximum absolute atomic E-state index is 10.7. The molecule has 0 spiro atoms. The van der Waals surface area contributed by atoms with Crippen LogP contribution in [0.15, 0.2) is 30.6 Å². The van der Waals surface area contributed by atoms with E-state index in [1.54, 1.807) is 0 Å². The van der Waals surface area contributed by atoms with Gasteiger partial charge in [-0.1, -0.05) is 25.5 Å². The molecule has 0 aliphatic carbocycles. The van der Waals surface area contributed by atoms with Crippen LogP contribution in [-0.4, -0.2) is 33.1 Å². The molecule has 0 fully saturated rings. The highest BCUT2D eigenvalue weighted by molar-refractivity contribution is 7.85. The van der Waals surface area contributed by atoms with E-state index in [-0.39, 0.29) is 5.75 Å². The van der Waals surface area contributed by atoms with E-state index in [0.717, 1.165) is 32.4 Å². The van der Waals surface area contributed by atoms with Gasteiger partial charge in [-0.05, 0) is 31.4 Å². The topological polar surface area (TPSA) is 144 Å². The van der Waals surface area contributed by atoms with Gasteiger partial charge in [0.15, 0.2) is 11.0 Å². The van der Waals surface area contributed by atoms with Crippen molar-refractivity contribution < 1.29 is 36.8 Å². The fourth-order valence-corrected chi connectivity index (χ4v) is 3.06. The van der Waals surface area contributed by atoms with Gasteiger partial charge >= 0.3 is 0 Å². The Bertz CT molecular complexity index is 837. The lowest BCUT2D eigenvalue weighted by molar-refractivity contribution is -0.672. The lowest BCUT2D eigenvalue weighted by Crippen LogP contribution is -2.32. The molecule has 1 aromatic heterocycles. The third kappa shape index (κ3) is 9.42. The Hall–Kier alpha value is -1.29. The van der Waals surface area contributed by atoms with Crippen molar-refractivity contribution in [1.29, 1.82) is 0 Å². The van der Waals surface area contributed by atoms with Crippen LogP contribution in [-0.2, 0) is 27.8 Å². The Morgan fingerprint density at radius 2 is 1.81 bits per heavy atom. The van der Waals surface area contributed by atoms with Crippen LogP contribution in [0.25, 0.3) is 11.0 Å². The number of nitrogens with zero attached hydrogens (tertiary/aromatic N) is 2. The first-order chi connectivity index (χ1) is 12.0. The summed E-state index contributed by atoms with van der Waals surface area (Å²) in [7, 11) is -8.73. The highest BCUT2D eigenvalue weighted by atomic mass is 32.2. The normalized spacial score (nSPS) is 12.0. The molecule has 1 aromatic carbocycles. The average Bonchev–Trinajstić information content (AvgIpc) is 2.85. The Morgan fingerprint density at radius 3 is 2.38 bits per heavy atom. The molecule has 0 saturated heterocycles. The van der Waals surface area contributed by atoms with Crippen molar-refractivity contribution in [2.75, 3.05) is 5.75 Å². The predicted octanol–water partition coefficient (Wildman–Crippen LogP) is 0.836. The van der Waals surface area contributed by atoms with E-state index in [9.17, 15) is 8.42 Å². The number of fused-ring (bicyclic) bond motifs is 1. The number of hydrogen-bond acceptors (Lipinski definition) is 4. The van der Waals surface area contributed by atoms with E-state index < -0.39 is 17.9 Å². The molecule has 2 rings (SSSR count). The van der Waals surface area contributed by atoms with Gasteiger partial charge in [-0.3, -0.25) is 9.12 Å². The molecule has 0 unspecified atom stereocenters. The van der Waals surface area contributed by atoms with E-state index in [4.69, 9.17) is 23.8 Å². The van der Waals surface area contributed by atoms with Gasteiger partial charge < -0.3 is 14.7 Å². The number of unbranched alkanes of at least 4 members (excludes halogenated alkanes) is 2. The zero-order valence-corrected chi connectivity index (χ0v) is 16.3. The molecular formula is C15H25N2O7PS. The monoisotopic (exact) mass is 408 g/mol. The summed E-state index contributed by atoms with van der Waals surface area (Å²) in [5.41, 5.74) is 2.38. The van der Waals surface area contributed by atoms with Crippen LogP contribution in [0.3, 0.4) is 0 Å². The number of rotatable bonds is 8. The summed E-state index contributed by atoms with van der Waals surface area (Å²) in [6.45, 7) is 3.93. The number of aryl methyl sites for hydroxylation is 2. The summed E-state index contributed by atoms with van der Waals surface area (Å²) in [6, 6.07) is 8.24. The maximum atomic E-state index is 10.7. The number of benzene rings is 1. The highest BCUT2D eigenvalue weighted by Gasteiger charge is 2.14. The second kappa shape index (κ2) is 10.1. The van der Waals surface area contributed by atoms with Crippen molar-refractivity contribution in [3.63, 3.8) is 0 Å². The molecule has 11 heteroatoms. The Kier molecular flexibility index (Phi) is 8.88. The van der Waals surface area contributed by atoms with Gasteiger partial charge in [0, 0.05) is 0 Å². The van der Waals surface area contributed by atoms with Crippen LogP contribution in [0.4, 0.5) is 0 Å². The fourth-order valence-electron chi connectivity index (χ4n) is 2.49. The number of para-hydroxylation sites is 2. The molecular weight excluding hydrogens is 383 g/mol. The predicted molar refractivity (Wildman–Crippen MR) is 94.7 cm³/mol. The second-order valence-corrected chi connectivity index (χ2v) is 8.38. The summed E-state index contributed by atoms with van der Waals surface area (Å²) in [5, 5.41) is 0. The molecule has 0 bridgehead atoms. The number of phosphoric acid groups is 1. The van der Waals surface area contributed by atoms with Crippen LogP contribution in [0, 0.1) is 0 Å². The Balaban J connectivity index is 0.000000597. The molecule has 3 N–H and O–H groups in total. The van der Waals surface area contributed by atoms with Crippen LogP contribution in [0.2, 0.25) is 0 Å². The number of imidazole rings is 1. The van der Waals surface area contributed by atoms with Crippen LogP contribution in [0.5, 0.6) is 0 Å². The molecule has 9 nitrogen and oxygen atoms in total. The smallest absolute Gasteiger partial charge is 0.264 e. The Labute approximate surface area is 152 Å². The summed E-state index contributed by atoms with van der Waals surface area (Å²) in [6.07, 6.45) is 5.60. The third-order valence-electron chi connectivity index (χ3n) is 3.58. The molecule has 0 amide bonds. The molecule has 1 heterocycles. The van der Waals surface area contributed by atoms with Gasteiger partial charge in [-0.15, -0.1) is 0 Å². The molecule has 148 valence electrons. The molecule has 0 atom stereocenters. The zero-order valence-electron chi connectivity index (χ0n) is 14.6. The summed E-state index contributed by atoms with van der Waals surface area (Å²) in [5.74, 6) is -0.165. The highest BCUT2D eigenvalue weighted by Crippen LogP contribution is 2.19. The van der Waals surface area contributed by atoms with E-state index in [1.165, 1.54) is 11.0 Å². The van der Waals surface area contributed by atoms with E-state index in [1.807, 2.05) is 12.1 Å². The molecule has 0 radical (unpaired) electrons. The Morgan fingerprint density at radius 1 is 1.19 bits per heavy atom. The van der Waals surface area contributed by atoms with Crippen molar-refractivity contribution in [1.82, 2.24) is 4.57 Å². The molecule has 0 aliphatic rings. The fraction of sp³-hybridized carbons (Fsp3) is 0.533. The van der Waals surface area contributed by atoms with Crippen molar-refractivity contribution in [3.8, 4) is 0 Å². The van der Waals surface area contributed by atoms with Gasteiger partial charge in [0.05, 0.1) is 18.8 Å². The summed E-state index contributed by atoms with van der Waals surface area (Å²) >= 11 is 0. The molecule has 0 aliphatic heterocycles. The lowest BCUT2D eigenvalue weighted by Gasteiger charge is -2.01. The van der Waals surface area contributed by atoms with Crippen molar-refractivity contribution in [3.05, 3.63) is 30.6 Å². The van der Waals surface area contributed by atoms with Gasteiger partial charge in [0.2, 0.25) is 6.33 Å². The zero-order chi connectivity index (χ0) is 19.8. The van der Waals surface area contributed by atoms with Gasteiger partial charge in [-0.2, -0.15) is 8.42 Å². The minimum absolute atomic E-state index is 0.165. The molecule has 0 saturated carbocycles. The van der Waals surface area contributed by atoms with E-state index in [2.05, 4.69) is 34.5 Å². The largest absolute Gasteiger partial charge is 0.756 e. The second-order valence-electron chi connectivity index (χ2n) is 5.83. The summed E-state index contributed by atoms with van der Waals surface area (Å²) in [4.78, 5) is 22.9. The first kappa shape index (κ1) is 22.8. The van der Waals surface area contributed by atoms with Gasteiger partial charge in [-0.25, -0.2) is 9.13 Å². The first-order valence-corrected chi connectivity index (χ1v) is 11.3. The third-order valence-corrected chi connectivity index (χ3v) is 4.39. The maximum Gasteiger partial charge on any atom is 0.264 e. The minimum Gasteiger partial charge on any atom is -0.756 e. The lowest BCUT2D eigenvalue weighted by atomic mass is 10.3. The van der Waals surface area contributed by atoms with Crippen molar-refractivity contribution in [2.45, 2.75) is 45.7 Å². The standard InChI is InChI=1S/C15H22N2O3S.H3O4P/c1-2-3-10-16-13-17(11-6-7-12-21(18,19)20)15-9-5-4-8-14(15)16;1-5(2,3)4/h4-5,8-9,13H,2-3,6-7,10-12H2,1H3;(H3,1,2,3,4). The van der Waals surface area contributed by atoms with Gasteiger partial charge in [0.1, 0.15) is 0 Å². The SMILES string of the molecule is CCCCn1c[n+](CCCCS(=O)(=O)O)c2ccccc21.O=P([O-])(O)O. The van der Waals surface area contributed by atoms with Crippen molar-refractivity contribution in [2.24, 2.45) is 0 Å². The van der Waals surface area contributed by atoms with E-state index in [0.29, 0.717) is 6.42 Å².